The van der Waals surface area contributed by atoms with Crippen molar-refractivity contribution in [1.29, 1.82) is 0 Å². The molecule has 0 N–H and O–H groups in total. The Morgan fingerprint density at radius 3 is 1.33 bits per heavy atom. The SMILES string of the molecule is CC.CCC(C)=C(C)C. The minimum absolute atomic E-state index is 1.20. The summed E-state index contributed by atoms with van der Waals surface area (Å²) in [6.07, 6.45) is 1.20. The van der Waals surface area contributed by atoms with E-state index in [9.17, 15) is 0 Å². The molecule has 0 saturated carbocycles. The second-order valence-electron chi connectivity index (χ2n) is 2.13. The lowest BCUT2D eigenvalue weighted by atomic mass is 10.1. The molecule has 0 aliphatic rings. The van der Waals surface area contributed by atoms with Crippen LogP contribution in [0.2, 0.25) is 0 Å². The highest BCUT2D eigenvalue weighted by molar-refractivity contribution is 5.05. The van der Waals surface area contributed by atoms with E-state index in [1.807, 2.05) is 13.8 Å². The van der Waals surface area contributed by atoms with Crippen molar-refractivity contribution in [3.63, 3.8) is 0 Å². The van der Waals surface area contributed by atoms with Gasteiger partial charge in [0, 0.05) is 0 Å². The molecule has 0 aliphatic heterocycles. The Bertz CT molecular complexity index is 74.0. The van der Waals surface area contributed by atoms with Crippen LogP contribution in [0.4, 0.5) is 0 Å². The molecule has 0 aliphatic carbocycles. The average molecular weight is 128 g/mol. The van der Waals surface area contributed by atoms with Crippen LogP contribution in [0.3, 0.4) is 0 Å². The lowest BCUT2D eigenvalue weighted by Crippen LogP contribution is -1.73. The van der Waals surface area contributed by atoms with Gasteiger partial charge in [0.1, 0.15) is 0 Å². The largest absolute Gasteiger partial charge is 0.0775 e. The molecule has 0 radical (unpaired) electrons. The molecule has 0 aromatic heterocycles. The molecular formula is C9H20. The fourth-order valence-electron chi connectivity index (χ4n) is 0.354. The molecule has 0 nitrogen and oxygen atoms in total. The minimum Gasteiger partial charge on any atom is -0.0775 e. The van der Waals surface area contributed by atoms with Gasteiger partial charge in [-0.25, -0.2) is 0 Å². The number of hydrogen-bond donors (Lipinski definition) is 0. The summed E-state index contributed by atoms with van der Waals surface area (Å²) in [5.41, 5.74) is 2.97. The van der Waals surface area contributed by atoms with Crippen LogP contribution in [0.1, 0.15) is 48.0 Å². The quantitative estimate of drug-likeness (QED) is 0.471. The first-order chi connectivity index (χ1) is 4.18. The van der Waals surface area contributed by atoms with Crippen molar-refractivity contribution in [3.05, 3.63) is 11.1 Å². The van der Waals surface area contributed by atoms with E-state index in [1.165, 1.54) is 17.6 Å². The third-order valence-corrected chi connectivity index (χ3v) is 1.38. The summed E-state index contributed by atoms with van der Waals surface area (Å²) in [4.78, 5) is 0. The average Bonchev–Trinajstić information content (AvgIpc) is 1.91. The molecule has 0 aromatic rings. The van der Waals surface area contributed by atoms with Gasteiger partial charge in [-0.15, -0.1) is 0 Å². The molecule has 0 aromatic carbocycles. The van der Waals surface area contributed by atoms with Gasteiger partial charge in [-0.05, 0) is 27.2 Å². The van der Waals surface area contributed by atoms with Crippen LogP contribution < -0.4 is 0 Å². The molecule has 0 bridgehead atoms. The van der Waals surface area contributed by atoms with Crippen LogP contribution in [0.25, 0.3) is 0 Å². The highest BCUT2D eigenvalue weighted by Crippen LogP contribution is 2.04. The van der Waals surface area contributed by atoms with Crippen LogP contribution in [-0.4, -0.2) is 0 Å². The maximum absolute atomic E-state index is 2.18. The van der Waals surface area contributed by atoms with Crippen molar-refractivity contribution in [2.75, 3.05) is 0 Å². The van der Waals surface area contributed by atoms with E-state index < -0.39 is 0 Å². The molecule has 0 heteroatoms. The van der Waals surface area contributed by atoms with Crippen molar-refractivity contribution < 1.29 is 0 Å². The van der Waals surface area contributed by atoms with E-state index in [1.54, 1.807) is 0 Å². The number of hydrogen-bond acceptors (Lipinski definition) is 0. The van der Waals surface area contributed by atoms with Crippen LogP contribution in [0, 0.1) is 0 Å². The molecule has 0 fully saturated rings. The van der Waals surface area contributed by atoms with Crippen LogP contribution in [-0.2, 0) is 0 Å². The van der Waals surface area contributed by atoms with Crippen molar-refractivity contribution in [2.24, 2.45) is 0 Å². The predicted molar refractivity (Wildman–Crippen MR) is 45.7 cm³/mol. The molecule has 56 valence electrons. The van der Waals surface area contributed by atoms with Crippen LogP contribution in [0.15, 0.2) is 11.1 Å². The zero-order chi connectivity index (χ0) is 7.86. The standard InChI is InChI=1S/C7H14.C2H6/c1-5-7(4)6(2)3;1-2/h5H2,1-4H3;1-2H3. The summed E-state index contributed by atoms with van der Waals surface area (Å²) in [5, 5.41) is 0. The predicted octanol–water partition coefficient (Wildman–Crippen LogP) is 3.78. The summed E-state index contributed by atoms with van der Waals surface area (Å²) in [6, 6.07) is 0. The molecule has 0 saturated heterocycles. The number of rotatable bonds is 1. The highest BCUT2D eigenvalue weighted by atomic mass is 13.9. The Morgan fingerprint density at radius 1 is 1.00 bits per heavy atom. The van der Waals surface area contributed by atoms with Crippen molar-refractivity contribution >= 4 is 0 Å². The molecule has 0 unspecified atom stereocenters. The Balaban J connectivity index is 0. The highest BCUT2D eigenvalue weighted by Gasteiger charge is 1.82. The summed E-state index contributed by atoms with van der Waals surface area (Å²) < 4.78 is 0. The molecular weight excluding hydrogens is 108 g/mol. The van der Waals surface area contributed by atoms with Crippen molar-refractivity contribution in [3.8, 4) is 0 Å². The lowest BCUT2D eigenvalue weighted by Gasteiger charge is -1.94. The van der Waals surface area contributed by atoms with Gasteiger partial charge in [0.2, 0.25) is 0 Å². The van der Waals surface area contributed by atoms with Crippen LogP contribution >= 0.6 is 0 Å². The minimum atomic E-state index is 1.20. The monoisotopic (exact) mass is 128 g/mol. The lowest BCUT2D eigenvalue weighted by molar-refractivity contribution is 1.05. The van der Waals surface area contributed by atoms with E-state index >= 15 is 0 Å². The smallest absolute Gasteiger partial charge is 0.0349 e. The molecule has 0 heterocycles. The van der Waals surface area contributed by atoms with Crippen molar-refractivity contribution in [2.45, 2.75) is 48.0 Å². The first-order valence-electron chi connectivity index (χ1n) is 3.81. The molecule has 0 spiro atoms. The Hall–Kier alpha value is -0.260. The zero-order valence-electron chi connectivity index (χ0n) is 7.71. The Labute approximate surface area is 60.0 Å². The second kappa shape index (κ2) is 7.74. The van der Waals surface area contributed by atoms with E-state index in [2.05, 4.69) is 27.7 Å². The zero-order valence-corrected chi connectivity index (χ0v) is 7.71. The Kier molecular flexibility index (Phi) is 9.91. The van der Waals surface area contributed by atoms with Gasteiger partial charge in [0.15, 0.2) is 0 Å². The normalized spacial score (nSPS) is 7.33. The summed E-state index contributed by atoms with van der Waals surface area (Å²) in [7, 11) is 0. The van der Waals surface area contributed by atoms with E-state index in [0.29, 0.717) is 0 Å². The maximum atomic E-state index is 2.18. The summed E-state index contributed by atoms with van der Waals surface area (Å²) in [5.74, 6) is 0. The summed E-state index contributed by atoms with van der Waals surface area (Å²) >= 11 is 0. The maximum Gasteiger partial charge on any atom is -0.0349 e. The first-order valence-corrected chi connectivity index (χ1v) is 3.81. The van der Waals surface area contributed by atoms with Gasteiger partial charge in [-0.1, -0.05) is 31.9 Å². The van der Waals surface area contributed by atoms with E-state index in [4.69, 9.17) is 0 Å². The molecule has 0 atom stereocenters. The third-order valence-electron chi connectivity index (χ3n) is 1.38. The Morgan fingerprint density at radius 2 is 1.33 bits per heavy atom. The van der Waals surface area contributed by atoms with E-state index in [-0.39, 0.29) is 0 Å². The first kappa shape index (κ1) is 11.5. The molecule has 0 rings (SSSR count). The molecule has 0 amide bonds. The van der Waals surface area contributed by atoms with E-state index in [0.717, 1.165) is 0 Å². The third kappa shape index (κ3) is 7.74. The van der Waals surface area contributed by atoms with Crippen molar-refractivity contribution in [1.82, 2.24) is 0 Å². The second-order valence-corrected chi connectivity index (χ2v) is 2.13. The van der Waals surface area contributed by atoms with Crippen LogP contribution in [0.5, 0.6) is 0 Å². The topological polar surface area (TPSA) is 0 Å². The number of allylic oxidation sites excluding steroid dienone is 2. The molecule has 9 heavy (non-hydrogen) atoms. The van der Waals surface area contributed by atoms with Gasteiger partial charge in [-0.2, -0.15) is 0 Å². The van der Waals surface area contributed by atoms with Gasteiger partial charge in [-0.3, -0.25) is 0 Å². The fourth-order valence-corrected chi connectivity index (χ4v) is 0.354. The van der Waals surface area contributed by atoms with Gasteiger partial charge >= 0.3 is 0 Å². The van der Waals surface area contributed by atoms with Gasteiger partial charge < -0.3 is 0 Å². The fraction of sp³-hybridized carbons (Fsp3) is 0.778. The van der Waals surface area contributed by atoms with Gasteiger partial charge in [0.05, 0.1) is 0 Å². The summed E-state index contributed by atoms with van der Waals surface area (Å²) in [6.45, 7) is 12.7. The van der Waals surface area contributed by atoms with Gasteiger partial charge in [0.25, 0.3) is 0 Å².